The van der Waals surface area contributed by atoms with Crippen molar-refractivity contribution in [2.24, 2.45) is 5.73 Å². The van der Waals surface area contributed by atoms with Gasteiger partial charge in [0.05, 0.1) is 7.11 Å². The Balaban J connectivity index is 3.04. The monoisotopic (exact) mass is 216 g/mol. The van der Waals surface area contributed by atoms with Crippen LogP contribution in [0, 0.1) is 11.6 Å². The van der Waals surface area contributed by atoms with Gasteiger partial charge in [-0.3, -0.25) is 0 Å². The molecule has 0 fully saturated rings. The molecule has 0 amide bonds. The number of methoxy groups -OCH3 is 1. The maximum atomic E-state index is 13.4. The first kappa shape index (κ1) is 11.9. The molecule has 1 atom stereocenters. The second-order valence-electron chi connectivity index (χ2n) is 3.17. The zero-order chi connectivity index (χ0) is 11.4. The zero-order valence-electron chi connectivity index (χ0n) is 8.68. The topological polar surface area (TPSA) is 47.3 Å². The number of rotatable bonds is 4. The average Bonchev–Trinajstić information content (AvgIpc) is 2.21. The van der Waals surface area contributed by atoms with E-state index in [0.29, 0.717) is 6.54 Å². The van der Waals surface area contributed by atoms with Gasteiger partial charge in [-0.05, 0) is 13.1 Å². The van der Waals surface area contributed by atoms with Crippen LogP contribution < -0.4 is 15.8 Å². The van der Waals surface area contributed by atoms with Gasteiger partial charge in [-0.2, -0.15) is 0 Å². The molecule has 0 radical (unpaired) electrons. The van der Waals surface area contributed by atoms with E-state index in [1.165, 1.54) is 7.11 Å². The lowest BCUT2D eigenvalue weighted by Gasteiger charge is -2.13. The van der Waals surface area contributed by atoms with E-state index in [4.69, 9.17) is 5.73 Å². The van der Waals surface area contributed by atoms with E-state index in [1.54, 1.807) is 7.05 Å². The summed E-state index contributed by atoms with van der Waals surface area (Å²) in [7, 11) is 2.97. The normalized spacial score (nSPS) is 12.6. The fourth-order valence-electron chi connectivity index (χ4n) is 1.31. The minimum atomic E-state index is -0.611. The van der Waals surface area contributed by atoms with Crippen molar-refractivity contribution < 1.29 is 13.5 Å². The van der Waals surface area contributed by atoms with E-state index in [0.717, 1.165) is 12.1 Å². The van der Waals surface area contributed by atoms with E-state index in [-0.39, 0.29) is 11.3 Å². The Bertz CT molecular complexity index is 344. The molecule has 15 heavy (non-hydrogen) atoms. The van der Waals surface area contributed by atoms with Gasteiger partial charge < -0.3 is 15.8 Å². The summed E-state index contributed by atoms with van der Waals surface area (Å²) in [6.45, 7) is 0.378. The Morgan fingerprint density at radius 1 is 1.40 bits per heavy atom. The second kappa shape index (κ2) is 5.04. The summed E-state index contributed by atoms with van der Waals surface area (Å²) in [6, 6.07) is 1.49. The van der Waals surface area contributed by atoms with Crippen molar-refractivity contribution in [2.45, 2.75) is 6.04 Å². The lowest BCUT2D eigenvalue weighted by Crippen LogP contribution is -2.25. The highest BCUT2D eigenvalue weighted by atomic mass is 19.1. The Morgan fingerprint density at radius 2 is 2.07 bits per heavy atom. The lowest BCUT2D eigenvalue weighted by molar-refractivity contribution is 0.381. The van der Waals surface area contributed by atoms with E-state index < -0.39 is 17.7 Å². The smallest absolute Gasteiger partial charge is 0.165 e. The van der Waals surface area contributed by atoms with Crippen molar-refractivity contribution in [3.8, 4) is 5.75 Å². The third-order valence-corrected chi connectivity index (χ3v) is 2.09. The summed E-state index contributed by atoms with van der Waals surface area (Å²) in [4.78, 5) is 0. The predicted molar refractivity (Wildman–Crippen MR) is 53.8 cm³/mol. The second-order valence-corrected chi connectivity index (χ2v) is 3.17. The fourth-order valence-corrected chi connectivity index (χ4v) is 1.31. The molecule has 0 aliphatic heterocycles. The van der Waals surface area contributed by atoms with Crippen molar-refractivity contribution in [2.75, 3.05) is 20.7 Å². The number of nitrogens with two attached hydrogens (primary N) is 1. The number of hydrogen-bond acceptors (Lipinski definition) is 3. The van der Waals surface area contributed by atoms with Crippen LogP contribution in [0.1, 0.15) is 11.6 Å². The van der Waals surface area contributed by atoms with Gasteiger partial charge in [0.2, 0.25) is 0 Å². The number of likely N-dealkylation sites (N-methyl/N-ethyl adjacent to an activating group) is 1. The number of ether oxygens (including phenoxy) is 1. The van der Waals surface area contributed by atoms with Gasteiger partial charge in [-0.25, -0.2) is 8.78 Å². The Hall–Kier alpha value is -1.20. The molecule has 3 nitrogen and oxygen atoms in total. The first-order chi connectivity index (χ1) is 7.10. The minimum Gasteiger partial charge on any atom is -0.494 e. The summed E-state index contributed by atoms with van der Waals surface area (Å²) in [5, 5.41) is 2.80. The first-order valence-electron chi connectivity index (χ1n) is 4.53. The molecular formula is C10H14F2N2O. The molecular weight excluding hydrogens is 202 g/mol. The third-order valence-electron chi connectivity index (χ3n) is 2.09. The van der Waals surface area contributed by atoms with Crippen LogP contribution in [0.4, 0.5) is 8.78 Å². The summed E-state index contributed by atoms with van der Waals surface area (Å²) in [6.07, 6.45) is 0. The summed E-state index contributed by atoms with van der Waals surface area (Å²) >= 11 is 0. The molecule has 1 unspecified atom stereocenters. The number of hydrogen-bond donors (Lipinski definition) is 2. The van der Waals surface area contributed by atoms with Crippen LogP contribution in [0.15, 0.2) is 12.1 Å². The molecule has 5 heteroatoms. The highest BCUT2D eigenvalue weighted by Gasteiger charge is 2.15. The number of benzene rings is 1. The van der Waals surface area contributed by atoms with E-state index >= 15 is 0 Å². The van der Waals surface area contributed by atoms with Gasteiger partial charge in [0.1, 0.15) is 5.82 Å². The number of halogens is 2. The SMILES string of the molecule is CNCC(N)c1cc(F)c(OC)cc1F. The minimum absolute atomic E-state index is 0.118. The van der Waals surface area contributed by atoms with Crippen LogP contribution in [-0.2, 0) is 0 Å². The van der Waals surface area contributed by atoms with Gasteiger partial charge in [-0.1, -0.05) is 0 Å². The molecule has 0 aromatic heterocycles. The van der Waals surface area contributed by atoms with Gasteiger partial charge in [0, 0.05) is 24.2 Å². The molecule has 0 aliphatic carbocycles. The van der Waals surface area contributed by atoms with Gasteiger partial charge >= 0.3 is 0 Å². The predicted octanol–water partition coefficient (Wildman–Crippen LogP) is 1.19. The number of nitrogens with one attached hydrogen (secondary N) is 1. The molecule has 3 N–H and O–H groups in total. The molecule has 0 heterocycles. The Labute approximate surface area is 87.2 Å². The Morgan fingerprint density at radius 3 is 2.60 bits per heavy atom. The van der Waals surface area contributed by atoms with Crippen molar-refractivity contribution in [1.29, 1.82) is 0 Å². The van der Waals surface area contributed by atoms with Crippen LogP contribution in [0.2, 0.25) is 0 Å². The molecule has 0 bridgehead atoms. The van der Waals surface area contributed by atoms with Gasteiger partial charge in [0.15, 0.2) is 11.6 Å². The summed E-state index contributed by atoms with van der Waals surface area (Å²) in [5.74, 6) is -1.29. The van der Waals surface area contributed by atoms with Gasteiger partial charge in [-0.15, -0.1) is 0 Å². The van der Waals surface area contributed by atoms with E-state index in [9.17, 15) is 8.78 Å². The molecule has 0 saturated carbocycles. The quantitative estimate of drug-likeness (QED) is 0.794. The third kappa shape index (κ3) is 2.64. The van der Waals surface area contributed by atoms with E-state index in [1.807, 2.05) is 0 Å². The molecule has 0 aliphatic rings. The van der Waals surface area contributed by atoms with Gasteiger partial charge in [0.25, 0.3) is 0 Å². The first-order valence-corrected chi connectivity index (χ1v) is 4.53. The van der Waals surface area contributed by atoms with E-state index in [2.05, 4.69) is 10.1 Å². The van der Waals surface area contributed by atoms with Crippen molar-refractivity contribution in [3.05, 3.63) is 29.3 Å². The standard InChI is InChI=1S/C10H14F2N2O/c1-14-5-9(13)6-3-8(12)10(15-2)4-7(6)11/h3-4,9,14H,5,13H2,1-2H3. The van der Waals surface area contributed by atoms with Crippen molar-refractivity contribution in [3.63, 3.8) is 0 Å². The molecule has 0 saturated heterocycles. The highest BCUT2D eigenvalue weighted by Crippen LogP contribution is 2.24. The van der Waals surface area contributed by atoms with Crippen molar-refractivity contribution >= 4 is 0 Å². The average molecular weight is 216 g/mol. The Kier molecular flexibility index (Phi) is 3.99. The van der Waals surface area contributed by atoms with Crippen molar-refractivity contribution in [1.82, 2.24) is 5.32 Å². The molecule has 1 rings (SSSR count). The molecule has 0 spiro atoms. The maximum Gasteiger partial charge on any atom is 0.165 e. The lowest BCUT2D eigenvalue weighted by atomic mass is 10.1. The van der Waals surface area contributed by atoms with Crippen LogP contribution >= 0.6 is 0 Å². The maximum absolute atomic E-state index is 13.4. The van der Waals surface area contributed by atoms with Crippen LogP contribution in [0.25, 0.3) is 0 Å². The molecule has 84 valence electrons. The zero-order valence-corrected chi connectivity index (χ0v) is 8.68. The molecule has 1 aromatic carbocycles. The summed E-state index contributed by atoms with van der Waals surface area (Å²) < 4.78 is 31.3. The largest absolute Gasteiger partial charge is 0.494 e. The fraction of sp³-hybridized carbons (Fsp3) is 0.400. The highest BCUT2D eigenvalue weighted by molar-refractivity contribution is 5.32. The van der Waals surface area contributed by atoms with Crippen LogP contribution in [0.5, 0.6) is 5.75 Å². The molecule has 1 aromatic rings. The van der Waals surface area contributed by atoms with Crippen LogP contribution in [0.3, 0.4) is 0 Å². The van der Waals surface area contributed by atoms with Crippen LogP contribution in [-0.4, -0.2) is 20.7 Å². The summed E-state index contributed by atoms with van der Waals surface area (Å²) in [5.41, 5.74) is 5.80.